The Morgan fingerprint density at radius 2 is 1.69 bits per heavy atom. The fraction of sp³-hybridized carbons (Fsp3) is 0.500. The third-order valence-electron chi connectivity index (χ3n) is 2.24. The van der Waals surface area contributed by atoms with Crippen molar-refractivity contribution in [2.24, 2.45) is 0 Å². The summed E-state index contributed by atoms with van der Waals surface area (Å²) >= 11 is 0. The summed E-state index contributed by atoms with van der Waals surface area (Å²) in [5.74, 6) is 0.461. The first-order chi connectivity index (χ1) is 5.93. The quantitative estimate of drug-likeness (QED) is 0.738. The monoisotopic (exact) mass is 178 g/mol. The van der Waals surface area contributed by atoms with Gasteiger partial charge in [0.2, 0.25) is 0 Å². The van der Waals surface area contributed by atoms with Gasteiger partial charge in [-0.3, -0.25) is 0 Å². The molecule has 0 fully saturated rings. The summed E-state index contributed by atoms with van der Waals surface area (Å²) in [5, 5.41) is 9.92. The highest BCUT2D eigenvalue weighted by atomic mass is 16.3. The Morgan fingerprint density at radius 1 is 1.15 bits per heavy atom. The predicted molar refractivity (Wildman–Crippen MR) is 55.8 cm³/mol. The minimum absolute atomic E-state index is 0.461. The number of aliphatic hydroxyl groups is 1. The van der Waals surface area contributed by atoms with Crippen molar-refractivity contribution in [2.75, 3.05) is 0 Å². The number of benzene rings is 1. The zero-order valence-corrected chi connectivity index (χ0v) is 8.83. The van der Waals surface area contributed by atoms with E-state index in [4.69, 9.17) is 0 Å². The van der Waals surface area contributed by atoms with Crippen LogP contribution in [0.25, 0.3) is 0 Å². The molecule has 13 heavy (non-hydrogen) atoms. The molecule has 1 N–H and O–H groups in total. The second-order valence-electron chi connectivity index (χ2n) is 4.30. The van der Waals surface area contributed by atoms with Crippen molar-refractivity contribution in [1.29, 1.82) is 0 Å². The Kier molecular flexibility index (Phi) is 2.77. The van der Waals surface area contributed by atoms with Crippen LogP contribution in [-0.4, -0.2) is 5.11 Å². The average molecular weight is 178 g/mol. The van der Waals surface area contributed by atoms with Gasteiger partial charge in [0.25, 0.3) is 0 Å². The van der Waals surface area contributed by atoms with Gasteiger partial charge in [0, 0.05) is 0 Å². The van der Waals surface area contributed by atoms with E-state index in [1.165, 1.54) is 5.56 Å². The molecule has 1 nitrogen and oxygen atoms in total. The third kappa shape index (κ3) is 2.31. The van der Waals surface area contributed by atoms with Gasteiger partial charge in [-0.05, 0) is 30.9 Å². The molecule has 0 saturated heterocycles. The van der Waals surface area contributed by atoms with Gasteiger partial charge in [-0.1, -0.05) is 38.1 Å². The molecule has 0 radical (unpaired) electrons. The van der Waals surface area contributed by atoms with Gasteiger partial charge in [0.05, 0.1) is 5.60 Å². The molecule has 0 aromatic heterocycles. The Labute approximate surface area is 80.4 Å². The summed E-state index contributed by atoms with van der Waals surface area (Å²) in [6.45, 7) is 7.94. The molecule has 72 valence electrons. The number of rotatable bonds is 2. The molecule has 0 amide bonds. The summed E-state index contributed by atoms with van der Waals surface area (Å²) in [6, 6.07) is 8.07. The van der Waals surface area contributed by atoms with Crippen molar-refractivity contribution >= 4 is 0 Å². The van der Waals surface area contributed by atoms with Gasteiger partial charge in [0.15, 0.2) is 0 Å². The molecular weight excluding hydrogens is 160 g/mol. The summed E-state index contributed by atoms with van der Waals surface area (Å²) in [6.07, 6.45) is 0. The highest BCUT2D eigenvalue weighted by Crippen LogP contribution is 2.28. The van der Waals surface area contributed by atoms with E-state index < -0.39 is 5.60 Å². The van der Waals surface area contributed by atoms with Gasteiger partial charge < -0.3 is 5.11 Å². The van der Waals surface area contributed by atoms with E-state index in [2.05, 4.69) is 19.9 Å². The summed E-state index contributed by atoms with van der Waals surface area (Å²) in [7, 11) is 0. The SMILES string of the molecule is CC(C)c1ccccc1C(C)(C)O. The van der Waals surface area contributed by atoms with Crippen molar-refractivity contribution in [2.45, 2.75) is 39.2 Å². The first kappa shape index (κ1) is 10.3. The minimum atomic E-state index is -0.735. The van der Waals surface area contributed by atoms with Crippen LogP contribution in [0.5, 0.6) is 0 Å². The van der Waals surface area contributed by atoms with Gasteiger partial charge in [-0.25, -0.2) is 0 Å². The maximum atomic E-state index is 9.92. The molecule has 0 aliphatic heterocycles. The van der Waals surface area contributed by atoms with E-state index in [1.54, 1.807) is 0 Å². The summed E-state index contributed by atoms with van der Waals surface area (Å²) in [5.41, 5.74) is 1.53. The maximum Gasteiger partial charge on any atom is 0.0843 e. The molecule has 0 heterocycles. The standard InChI is InChI=1S/C12H18O/c1-9(2)10-7-5-6-8-11(10)12(3,4)13/h5-9,13H,1-4H3. The lowest BCUT2D eigenvalue weighted by atomic mass is 9.88. The Hall–Kier alpha value is -0.820. The van der Waals surface area contributed by atoms with Gasteiger partial charge >= 0.3 is 0 Å². The molecule has 0 unspecified atom stereocenters. The second-order valence-corrected chi connectivity index (χ2v) is 4.30. The molecule has 1 heteroatoms. The lowest BCUT2D eigenvalue weighted by Crippen LogP contribution is -2.18. The van der Waals surface area contributed by atoms with Crippen LogP contribution in [-0.2, 0) is 5.60 Å². The Morgan fingerprint density at radius 3 is 2.08 bits per heavy atom. The molecule has 1 aromatic carbocycles. The molecule has 1 aromatic rings. The zero-order chi connectivity index (χ0) is 10.1. The fourth-order valence-electron chi connectivity index (χ4n) is 1.56. The van der Waals surface area contributed by atoms with Crippen LogP contribution in [0.15, 0.2) is 24.3 Å². The molecule has 0 saturated carbocycles. The largest absolute Gasteiger partial charge is 0.386 e. The zero-order valence-electron chi connectivity index (χ0n) is 8.83. The van der Waals surface area contributed by atoms with Crippen LogP contribution >= 0.6 is 0 Å². The Bertz CT molecular complexity index is 281. The van der Waals surface area contributed by atoms with E-state index >= 15 is 0 Å². The lowest BCUT2D eigenvalue weighted by molar-refractivity contribution is 0.0773. The molecule has 1 rings (SSSR count). The number of hydrogen-bond acceptors (Lipinski definition) is 1. The average Bonchev–Trinajstić information content (AvgIpc) is 2.03. The lowest BCUT2D eigenvalue weighted by Gasteiger charge is -2.23. The predicted octanol–water partition coefficient (Wildman–Crippen LogP) is 3.04. The fourth-order valence-corrected chi connectivity index (χ4v) is 1.56. The summed E-state index contributed by atoms with van der Waals surface area (Å²) < 4.78 is 0. The topological polar surface area (TPSA) is 20.2 Å². The normalized spacial score (nSPS) is 12.2. The minimum Gasteiger partial charge on any atom is -0.386 e. The van der Waals surface area contributed by atoms with Crippen LogP contribution in [0.2, 0.25) is 0 Å². The van der Waals surface area contributed by atoms with E-state index in [-0.39, 0.29) is 0 Å². The van der Waals surface area contributed by atoms with Gasteiger partial charge in [-0.2, -0.15) is 0 Å². The van der Waals surface area contributed by atoms with Gasteiger partial charge in [0.1, 0.15) is 0 Å². The highest BCUT2D eigenvalue weighted by molar-refractivity contribution is 5.33. The van der Waals surface area contributed by atoms with Crippen LogP contribution in [0.1, 0.15) is 44.7 Å². The second kappa shape index (κ2) is 3.51. The highest BCUT2D eigenvalue weighted by Gasteiger charge is 2.20. The molecule has 0 spiro atoms. The molecule has 0 bridgehead atoms. The van der Waals surface area contributed by atoms with Crippen LogP contribution < -0.4 is 0 Å². The van der Waals surface area contributed by atoms with Crippen LogP contribution in [0.3, 0.4) is 0 Å². The smallest absolute Gasteiger partial charge is 0.0843 e. The van der Waals surface area contributed by atoms with E-state index in [0.29, 0.717) is 5.92 Å². The molecule has 0 atom stereocenters. The third-order valence-corrected chi connectivity index (χ3v) is 2.24. The van der Waals surface area contributed by atoms with Crippen molar-refractivity contribution in [1.82, 2.24) is 0 Å². The molecule has 0 aliphatic rings. The van der Waals surface area contributed by atoms with Crippen molar-refractivity contribution < 1.29 is 5.11 Å². The maximum absolute atomic E-state index is 9.92. The van der Waals surface area contributed by atoms with Crippen LogP contribution in [0, 0.1) is 0 Å². The summed E-state index contributed by atoms with van der Waals surface area (Å²) in [4.78, 5) is 0. The van der Waals surface area contributed by atoms with Gasteiger partial charge in [-0.15, -0.1) is 0 Å². The van der Waals surface area contributed by atoms with E-state index in [9.17, 15) is 5.11 Å². The Balaban J connectivity index is 3.20. The van der Waals surface area contributed by atoms with Crippen molar-refractivity contribution in [3.8, 4) is 0 Å². The molecule has 0 aliphatic carbocycles. The van der Waals surface area contributed by atoms with E-state index in [1.807, 2.05) is 32.0 Å². The first-order valence-electron chi connectivity index (χ1n) is 4.74. The van der Waals surface area contributed by atoms with Crippen molar-refractivity contribution in [3.63, 3.8) is 0 Å². The van der Waals surface area contributed by atoms with E-state index in [0.717, 1.165) is 5.56 Å². The molecular formula is C12H18O. The van der Waals surface area contributed by atoms with Crippen molar-refractivity contribution in [3.05, 3.63) is 35.4 Å². The first-order valence-corrected chi connectivity index (χ1v) is 4.74. The number of hydrogen-bond donors (Lipinski definition) is 1. The van der Waals surface area contributed by atoms with Crippen LogP contribution in [0.4, 0.5) is 0 Å².